The standard InChI is InChI=1S/C32H34F2N4O/c1-19-12-23-22-6-3-4-7-26(22)36-29(23)30(2)27-24(28-31(18-35)16-32(28,17-31)38(19)30)13-21(14-25(27)34)39-20-8-11-37(15-20)10-5-9-33/h3-4,6-7,13-14,19-20,28,36H,5,8-12,15-17H2,1-2H3/t19-,20+,28?,30+,31?,32?/m0/s1. The van der Waals surface area contributed by atoms with Gasteiger partial charge in [-0.2, -0.15) is 5.26 Å². The first-order valence-electron chi connectivity index (χ1n) is 14.4. The van der Waals surface area contributed by atoms with Crippen molar-refractivity contribution in [1.29, 1.82) is 5.26 Å². The smallest absolute Gasteiger partial charge is 0.132 e. The van der Waals surface area contributed by atoms with Crippen LogP contribution in [-0.4, -0.2) is 58.8 Å². The lowest BCUT2D eigenvalue weighted by molar-refractivity contribution is -0.264. The summed E-state index contributed by atoms with van der Waals surface area (Å²) in [5.41, 5.74) is 3.89. The number of likely N-dealkylation sites (tertiary alicyclic amines) is 1. The Bertz CT molecular complexity index is 1550. The van der Waals surface area contributed by atoms with E-state index in [1.54, 1.807) is 6.07 Å². The average Bonchev–Trinajstić information content (AvgIpc) is 3.47. The van der Waals surface area contributed by atoms with Crippen molar-refractivity contribution in [3.8, 4) is 11.8 Å². The molecular weight excluding hydrogens is 494 g/mol. The van der Waals surface area contributed by atoms with Gasteiger partial charge >= 0.3 is 0 Å². The van der Waals surface area contributed by atoms with Gasteiger partial charge in [0, 0.05) is 65.4 Å². The summed E-state index contributed by atoms with van der Waals surface area (Å²) in [6, 6.07) is 14.9. The van der Waals surface area contributed by atoms with Crippen LogP contribution in [0, 0.1) is 22.6 Å². The molecule has 4 heterocycles. The van der Waals surface area contributed by atoms with Gasteiger partial charge in [0.2, 0.25) is 0 Å². The number of nitriles is 1. The monoisotopic (exact) mass is 528 g/mol. The van der Waals surface area contributed by atoms with Gasteiger partial charge in [-0.3, -0.25) is 14.2 Å². The highest BCUT2D eigenvalue weighted by Gasteiger charge is 2.83. The van der Waals surface area contributed by atoms with Gasteiger partial charge in [-0.05, 0) is 69.2 Å². The van der Waals surface area contributed by atoms with Crippen molar-refractivity contribution in [3.05, 3.63) is 64.6 Å². The summed E-state index contributed by atoms with van der Waals surface area (Å²) < 4.78 is 35.6. The zero-order valence-electron chi connectivity index (χ0n) is 22.6. The lowest BCUT2D eigenvalue weighted by Gasteiger charge is -2.82. The number of para-hydroxylation sites is 1. The molecule has 1 spiro atoms. The maximum absolute atomic E-state index is 16.6. The molecule has 0 radical (unpaired) electrons. The van der Waals surface area contributed by atoms with E-state index in [9.17, 15) is 9.65 Å². The Kier molecular flexibility index (Phi) is 4.80. The van der Waals surface area contributed by atoms with Crippen LogP contribution in [0.5, 0.6) is 5.75 Å². The maximum atomic E-state index is 16.6. The molecule has 3 aliphatic heterocycles. The summed E-state index contributed by atoms with van der Waals surface area (Å²) in [6.07, 6.45) is 3.93. The Balaban J connectivity index is 1.26. The number of aromatic amines is 1. The van der Waals surface area contributed by atoms with Crippen LogP contribution in [0.3, 0.4) is 0 Å². The number of hydrogen-bond donors (Lipinski definition) is 1. The van der Waals surface area contributed by atoms with Gasteiger partial charge < -0.3 is 9.72 Å². The lowest BCUT2D eigenvalue weighted by atomic mass is 9.29. The largest absolute Gasteiger partial charge is 0.489 e. The quantitative estimate of drug-likeness (QED) is 0.456. The van der Waals surface area contributed by atoms with E-state index < -0.39 is 11.0 Å². The molecule has 202 valence electrons. The first-order chi connectivity index (χ1) is 18.8. The number of benzene rings is 2. The van der Waals surface area contributed by atoms with Crippen LogP contribution in [0.25, 0.3) is 10.9 Å². The second kappa shape index (κ2) is 7.83. The molecule has 1 aromatic heterocycles. The third kappa shape index (κ3) is 2.84. The van der Waals surface area contributed by atoms with Crippen molar-refractivity contribution in [3.63, 3.8) is 0 Å². The van der Waals surface area contributed by atoms with Crippen molar-refractivity contribution < 1.29 is 13.5 Å². The van der Waals surface area contributed by atoms with E-state index in [1.807, 2.05) is 6.07 Å². The Labute approximate surface area is 227 Å². The minimum atomic E-state index is -0.668. The van der Waals surface area contributed by atoms with E-state index in [2.05, 4.69) is 59.0 Å². The number of halogens is 2. The highest BCUT2D eigenvalue weighted by molar-refractivity contribution is 5.86. The van der Waals surface area contributed by atoms with Crippen LogP contribution in [0.2, 0.25) is 0 Å². The molecule has 3 saturated carbocycles. The summed E-state index contributed by atoms with van der Waals surface area (Å²) in [4.78, 5) is 8.52. The van der Waals surface area contributed by atoms with Crippen LogP contribution in [-0.2, 0) is 12.0 Å². The van der Waals surface area contributed by atoms with Crippen molar-refractivity contribution in [2.75, 3.05) is 26.3 Å². The summed E-state index contributed by atoms with van der Waals surface area (Å²) in [5.74, 6) is 0.292. The number of rotatable bonds is 5. The summed E-state index contributed by atoms with van der Waals surface area (Å²) in [6.45, 7) is 6.48. The van der Waals surface area contributed by atoms with E-state index in [4.69, 9.17) is 4.74 Å². The third-order valence-corrected chi connectivity index (χ3v) is 10.8. The fraction of sp³-hybridized carbons (Fsp3) is 0.531. The van der Waals surface area contributed by atoms with Crippen molar-refractivity contribution in [1.82, 2.24) is 14.8 Å². The van der Waals surface area contributed by atoms with E-state index >= 15 is 4.39 Å². The van der Waals surface area contributed by atoms with Gasteiger partial charge in [-0.25, -0.2) is 4.39 Å². The summed E-state index contributed by atoms with van der Waals surface area (Å²) in [5, 5.41) is 11.5. The van der Waals surface area contributed by atoms with Gasteiger partial charge in [0.25, 0.3) is 0 Å². The number of aromatic nitrogens is 1. The Hall–Kier alpha value is -2.95. The number of nitrogens with one attached hydrogen (secondary N) is 1. The van der Waals surface area contributed by atoms with E-state index in [-0.39, 0.29) is 36.1 Å². The minimum Gasteiger partial charge on any atom is -0.489 e. The van der Waals surface area contributed by atoms with Crippen LogP contribution in [0.15, 0.2) is 36.4 Å². The van der Waals surface area contributed by atoms with E-state index in [0.29, 0.717) is 17.7 Å². The zero-order chi connectivity index (χ0) is 26.7. The third-order valence-electron chi connectivity index (χ3n) is 10.8. The average molecular weight is 529 g/mol. The van der Waals surface area contributed by atoms with Gasteiger partial charge in [-0.15, -0.1) is 0 Å². The molecule has 3 aliphatic carbocycles. The number of nitrogens with zero attached hydrogens (tertiary/aromatic N) is 3. The fourth-order valence-electron chi connectivity index (χ4n) is 9.63. The summed E-state index contributed by atoms with van der Waals surface area (Å²) >= 11 is 0. The number of ether oxygens (including phenoxy) is 1. The number of alkyl halides is 1. The predicted octanol–water partition coefficient (Wildman–Crippen LogP) is 5.78. The maximum Gasteiger partial charge on any atom is 0.132 e. The molecule has 4 fully saturated rings. The first kappa shape index (κ1) is 23.9. The lowest BCUT2D eigenvalue weighted by Crippen LogP contribution is -2.85. The molecule has 6 aliphatic rings. The van der Waals surface area contributed by atoms with Crippen molar-refractivity contribution in [2.24, 2.45) is 5.41 Å². The van der Waals surface area contributed by atoms with Gasteiger partial charge in [-0.1, -0.05) is 18.2 Å². The number of hydrogen-bond acceptors (Lipinski definition) is 4. The fourth-order valence-corrected chi connectivity index (χ4v) is 9.63. The molecule has 9 rings (SSSR count). The topological polar surface area (TPSA) is 55.3 Å². The zero-order valence-corrected chi connectivity index (χ0v) is 22.6. The van der Waals surface area contributed by atoms with Crippen molar-refractivity contribution >= 4 is 10.9 Å². The van der Waals surface area contributed by atoms with Crippen LogP contribution >= 0.6 is 0 Å². The van der Waals surface area contributed by atoms with Crippen LogP contribution in [0.1, 0.15) is 67.8 Å². The van der Waals surface area contributed by atoms with E-state index in [1.165, 1.54) is 10.9 Å². The molecule has 1 saturated heterocycles. The summed E-state index contributed by atoms with van der Waals surface area (Å²) in [7, 11) is 0. The van der Waals surface area contributed by atoms with Crippen LogP contribution < -0.4 is 4.74 Å². The molecule has 3 aromatic rings. The SMILES string of the molecule is C[C@H]1Cc2c([nH]c3ccccc23)[C@@]2(C)c3c(F)cc(O[C@@H]4CCN(CCCF)C4)cc3C3C4(C#N)CC3(C4)N12. The molecule has 39 heavy (non-hydrogen) atoms. The molecule has 4 atom stereocenters. The molecule has 5 nitrogen and oxygen atoms in total. The highest BCUT2D eigenvalue weighted by atomic mass is 19.1. The van der Waals surface area contributed by atoms with Gasteiger partial charge in [0.15, 0.2) is 0 Å². The predicted molar refractivity (Wildman–Crippen MR) is 145 cm³/mol. The normalized spacial score (nSPS) is 36.2. The molecule has 2 aromatic carbocycles. The Morgan fingerprint density at radius 3 is 2.85 bits per heavy atom. The van der Waals surface area contributed by atoms with Crippen LogP contribution in [0.4, 0.5) is 8.78 Å². The van der Waals surface area contributed by atoms with Crippen molar-refractivity contribution in [2.45, 2.75) is 75.1 Å². The Morgan fingerprint density at radius 2 is 2.05 bits per heavy atom. The molecule has 0 amide bonds. The van der Waals surface area contributed by atoms with E-state index in [0.717, 1.165) is 62.1 Å². The number of fused-ring (bicyclic) bond motifs is 7. The van der Waals surface area contributed by atoms with Gasteiger partial charge in [0.05, 0.1) is 23.7 Å². The first-order valence-corrected chi connectivity index (χ1v) is 14.4. The molecular formula is C32H34F2N4O. The second-order valence-electron chi connectivity index (χ2n) is 12.9. The van der Waals surface area contributed by atoms with Gasteiger partial charge in [0.1, 0.15) is 17.7 Å². The highest BCUT2D eigenvalue weighted by Crippen LogP contribution is 2.82. The minimum absolute atomic E-state index is 0.00543. The second-order valence-corrected chi connectivity index (χ2v) is 12.9. The molecule has 1 unspecified atom stereocenters. The Morgan fingerprint density at radius 1 is 1.23 bits per heavy atom. The molecule has 7 heteroatoms. The molecule has 1 N–H and O–H groups in total. The number of H-pyrrole nitrogens is 1. The molecule has 2 bridgehead atoms.